The summed E-state index contributed by atoms with van der Waals surface area (Å²) in [7, 11) is 0. The molecular formula is C17H25F2NO. The lowest BCUT2D eigenvalue weighted by Crippen LogP contribution is -2.64. The highest BCUT2D eigenvalue weighted by molar-refractivity contribution is 5.26. The molecule has 2 atom stereocenters. The fourth-order valence-corrected chi connectivity index (χ4v) is 3.44. The Bertz CT molecular complexity index is 474. The smallest absolute Gasteiger partial charge is 0.165 e. The van der Waals surface area contributed by atoms with Crippen molar-refractivity contribution in [1.29, 1.82) is 0 Å². The van der Waals surface area contributed by atoms with E-state index in [1.807, 2.05) is 0 Å². The average molecular weight is 297 g/mol. The molecule has 2 unspecified atom stereocenters. The summed E-state index contributed by atoms with van der Waals surface area (Å²) in [6, 6.07) is 3.77. The second-order valence-corrected chi connectivity index (χ2v) is 5.86. The van der Waals surface area contributed by atoms with Gasteiger partial charge in [-0.05, 0) is 37.9 Å². The normalized spacial score (nSPS) is 23.7. The van der Waals surface area contributed by atoms with E-state index in [1.165, 1.54) is 0 Å². The summed E-state index contributed by atoms with van der Waals surface area (Å²) in [4.78, 5) is 0. The third-order valence-electron chi connectivity index (χ3n) is 4.90. The maximum atomic E-state index is 13.7. The van der Waals surface area contributed by atoms with Crippen molar-refractivity contribution in [3.05, 3.63) is 29.8 Å². The van der Waals surface area contributed by atoms with Gasteiger partial charge in [0.25, 0.3) is 0 Å². The van der Waals surface area contributed by atoms with Crippen molar-refractivity contribution in [1.82, 2.24) is 5.32 Å². The van der Waals surface area contributed by atoms with Crippen LogP contribution in [0.2, 0.25) is 0 Å². The Morgan fingerprint density at radius 1 is 1.24 bits per heavy atom. The SMILES string of the molecule is CCCNC1CC(Oc2cc(F)ccc2F)C1(CC)CC. The average Bonchev–Trinajstić information content (AvgIpc) is 2.47. The Morgan fingerprint density at radius 2 is 1.95 bits per heavy atom. The summed E-state index contributed by atoms with van der Waals surface area (Å²) in [6.07, 6.45) is 3.80. The molecule has 1 fully saturated rings. The van der Waals surface area contributed by atoms with Crippen LogP contribution in [0.1, 0.15) is 46.5 Å². The van der Waals surface area contributed by atoms with E-state index in [0.29, 0.717) is 6.04 Å². The maximum absolute atomic E-state index is 13.7. The Labute approximate surface area is 125 Å². The molecule has 1 aromatic rings. The fourth-order valence-electron chi connectivity index (χ4n) is 3.44. The molecule has 2 nitrogen and oxygen atoms in total. The summed E-state index contributed by atoms with van der Waals surface area (Å²) in [6.45, 7) is 7.40. The van der Waals surface area contributed by atoms with E-state index in [2.05, 4.69) is 26.1 Å². The molecule has 1 aliphatic rings. The number of nitrogens with one attached hydrogen (secondary N) is 1. The van der Waals surface area contributed by atoms with Crippen molar-refractivity contribution in [2.45, 2.75) is 58.6 Å². The highest BCUT2D eigenvalue weighted by Crippen LogP contribution is 2.49. The maximum Gasteiger partial charge on any atom is 0.165 e. The zero-order valence-corrected chi connectivity index (χ0v) is 13.1. The van der Waals surface area contributed by atoms with Crippen molar-refractivity contribution < 1.29 is 13.5 Å². The number of ether oxygens (including phenoxy) is 1. The molecule has 0 aromatic heterocycles. The van der Waals surface area contributed by atoms with Gasteiger partial charge in [0.05, 0.1) is 0 Å². The van der Waals surface area contributed by atoms with Crippen LogP contribution in [0.15, 0.2) is 18.2 Å². The van der Waals surface area contributed by atoms with Gasteiger partial charge in [-0.2, -0.15) is 0 Å². The van der Waals surface area contributed by atoms with Crippen molar-refractivity contribution >= 4 is 0 Å². The van der Waals surface area contributed by atoms with Gasteiger partial charge < -0.3 is 10.1 Å². The van der Waals surface area contributed by atoms with Gasteiger partial charge in [-0.25, -0.2) is 8.78 Å². The molecule has 0 bridgehead atoms. The number of hydrogen-bond donors (Lipinski definition) is 1. The summed E-state index contributed by atoms with van der Waals surface area (Å²) >= 11 is 0. The van der Waals surface area contributed by atoms with Gasteiger partial charge in [-0.15, -0.1) is 0 Å². The lowest BCUT2D eigenvalue weighted by molar-refractivity contribution is -0.0873. The van der Waals surface area contributed by atoms with Gasteiger partial charge >= 0.3 is 0 Å². The fraction of sp³-hybridized carbons (Fsp3) is 0.647. The molecule has 4 heteroatoms. The first-order valence-electron chi connectivity index (χ1n) is 7.92. The highest BCUT2D eigenvalue weighted by atomic mass is 19.1. The molecule has 0 amide bonds. The first-order chi connectivity index (χ1) is 10.1. The molecule has 118 valence electrons. The molecule has 1 saturated carbocycles. The van der Waals surface area contributed by atoms with Crippen LogP contribution in [0.3, 0.4) is 0 Å². The topological polar surface area (TPSA) is 21.3 Å². The van der Waals surface area contributed by atoms with Gasteiger partial charge in [0.15, 0.2) is 11.6 Å². The van der Waals surface area contributed by atoms with Crippen molar-refractivity contribution in [2.75, 3.05) is 6.54 Å². The van der Waals surface area contributed by atoms with Gasteiger partial charge in [-0.1, -0.05) is 20.8 Å². The number of hydrogen-bond acceptors (Lipinski definition) is 2. The van der Waals surface area contributed by atoms with Gasteiger partial charge in [0.1, 0.15) is 11.9 Å². The van der Waals surface area contributed by atoms with E-state index >= 15 is 0 Å². The minimum atomic E-state index is -0.498. The van der Waals surface area contributed by atoms with Crippen LogP contribution in [0.5, 0.6) is 5.75 Å². The van der Waals surface area contributed by atoms with Gasteiger partial charge in [0.2, 0.25) is 0 Å². The Balaban J connectivity index is 2.11. The second-order valence-electron chi connectivity index (χ2n) is 5.86. The van der Waals surface area contributed by atoms with Crippen LogP contribution in [0.4, 0.5) is 8.78 Å². The van der Waals surface area contributed by atoms with Crippen LogP contribution in [-0.4, -0.2) is 18.7 Å². The van der Waals surface area contributed by atoms with Crippen LogP contribution < -0.4 is 10.1 Å². The standard InChI is InChI=1S/C17H25F2NO/c1-4-9-20-15-11-16(17(15,5-2)6-3)21-14-10-12(18)7-8-13(14)19/h7-8,10,15-16,20H,4-6,9,11H2,1-3H3. The third-order valence-corrected chi connectivity index (χ3v) is 4.90. The summed E-state index contributed by atoms with van der Waals surface area (Å²) < 4.78 is 32.8. The van der Waals surface area contributed by atoms with Crippen molar-refractivity contribution in [2.24, 2.45) is 5.41 Å². The minimum absolute atomic E-state index is 0.00786. The first kappa shape index (κ1) is 16.2. The lowest BCUT2D eigenvalue weighted by Gasteiger charge is -2.55. The Kier molecular flexibility index (Phi) is 5.20. The second kappa shape index (κ2) is 6.73. The molecular weight excluding hydrogens is 272 g/mol. The van der Waals surface area contributed by atoms with Gasteiger partial charge in [-0.3, -0.25) is 0 Å². The number of benzene rings is 1. The number of rotatable bonds is 7. The Hall–Kier alpha value is -1.16. The molecule has 0 saturated heterocycles. The molecule has 1 N–H and O–H groups in total. The molecule has 1 aliphatic carbocycles. The molecule has 0 radical (unpaired) electrons. The number of halogens is 2. The predicted octanol–water partition coefficient (Wildman–Crippen LogP) is 4.29. The Morgan fingerprint density at radius 3 is 2.57 bits per heavy atom. The van der Waals surface area contributed by atoms with E-state index < -0.39 is 11.6 Å². The molecule has 2 rings (SSSR count). The molecule has 0 aliphatic heterocycles. The zero-order chi connectivity index (χ0) is 15.5. The van der Waals surface area contributed by atoms with Crippen molar-refractivity contribution in [3.8, 4) is 5.75 Å². The first-order valence-corrected chi connectivity index (χ1v) is 7.92. The van der Waals surface area contributed by atoms with Crippen LogP contribution >= 0.6 is 0 Å². The largest absolute Gasteiger partial charge is 0.487 e. The highest BCUT2D eigenvalue weighted by Gasteiger charge is 2.54. The van der Waals surface area contributed by atoms with Crippen LogP contribution in [-0.2, 0) is 0 Å². The van der Waals surface area contributed by atoms with E-state index in [0.717, 1.165) is 50.4 Å². The molecule has 0 heterocycles. The summed E-state index contributed by atoms with van der Waals surface area (Å²) in [5.41, 5.74) is 0.00786. The van der Waals surface area contributed by atoms with Crippen LogP contribution in [0, 0.1) is 17.0 Å². The monoisotopic (exact) mass is 297 g/mol. The van der Waals surface area contributed by atoms with E-state index in [9.17, 15) is 8.78 Å². The zero-order valence-electron chi connectivity index (χ0n) is 13.1. The van der Waals surface area contributed by atoms with E-state index in [-0.39, 0.29) is 17.3 Å². The molecule has 21 heavy (non-hydrogen) atoms. The van der Waals surface area contributed by atoms with Gasteiger partial charge in [0, 0.05) is 23.9 Å². The molecule has 0 spiro atoms. The summed E-state index contributed by atoms with van der Waals surface area (Å²) in [5, 5.41) is 3.56. The van der Waals surface area contributed by atoms with Crippen LogP contribution in [0.25, 0.3) is 0 Å². The summed E-state index contributed by atoms with van der Waals surface area (Å²) in [5.74, 6) is -0.937. The molecule has 1 aromatic carbocycles. The predicted molar refractivity (Wildman–Crippen MR) is 80.5 cm³/mol. The van der Waals surface area contributed by atoms with Crippen molar-refractivity contribution in [3.63, 3.8) is 0 Å². The van der Waals surface area contributed by atoms with E-state index in [1.54, 1.807) is 0 Å². The van der Waals surface area contributed by atoms with E-state index in [4.69, 9.17) is 4.74 Å². The third kappa shape index (κ3) is 3.05. The quantitative estimate of drug-likeness (QED) is 0.810. The lowest BCUT2D eigenvalue weighted by atomic mass is 9.58. The minimum Gasteiger partial charge on any atom is -0.487 e.